The number of aromatic nitrogens is 1. The monoisotopic (exact) mass is 273 g/mol. The van der Waals surface area contributed by atoms with Gasteiger partial charge in [-0.3, -0.25) is 4.79 Å². The summed E-state index contributed by atoms with van der Waals surface area (Å²) < 4.78 is 7.79. The van der Waals surface area contributed by atoms with Crippen molar-refractivity contribution in [2.45, 2.75) is 32.9 Å². The van der Waals surface area contributed by atoms with Crippen LogP contribution < -0.4 is 5.56 Å². The van der Waals surface area contributed by atoms with Crippen molar-refractivity contribution in [1.29, 1.82) is 0 Å². The van der Waals surface area contributed by atoms with Crippen LogP contribution in [-0.2, 0) is 11.3 Å². The molecule has 1 rings (SSSR count). The van der Waals surface area contributed by atoms with Gasteiger partial charge in [0.1, 0.15) is 0 Å². The molecule has 4 heteroatoms. The molecule has 84 valence electrons. The number of nitrogens with zero attached hydrogens (tertiary/aromatic N) is 1. The van der Waals surface area contributed by atoms with Gasteiger partial charge in [0.25, 0.3) is 5.56 Å². The Hall–Kier alpha value is -0.610. The van der Waals surface area contributed by atoms with Gasteiger partial charge in [0.2, 0.25) is 0 Å². The van der Waals surface area contributed by atoms with E-state index in [0.29, 0.717) is 17.6 Å². The van der Waals surface area contributed by atoms with Crippen LogP contribution in [0.15, 0.2) is 27.6 Å². The highest BCUT2D eigenvalue weighted by Crippen LogP contribution is 2.12. The molecule has 0 aliphatic heterocycles. The molecule has 0 aliphatic rings. The second-order valence-corrected chi connectivity index (χ2v) is 4.84. The Kier molecular flexibility index (Phi) is 4.11. The van der Waals surface area contributed by atoms with Crippen LogP contribution in [-0.4, -0.2) is 16.8 Å². The van der Waals surface area contributed by atoms with Crippen molar-refractivity contribution >= 4 is 15.9 Å². The number of pyridine rings is 1. The molecule has 0 saturated carbocycles. The van der Waals surface area contributed by atoms with Crippen LogP contribution in [0, 0.1) is 0 Å². The molecule has 0 fully saturated rings. The topological polar surface area (TPSA) is 31.2 Å². The van der Waals surface area contributed by atoms with Gasteiger partial charge in [-0.1, -0.05) is 0 Å². The lowest BCUT2D eigenvalue weighted by Gasteiger charge is -2.25. The van der Waals surface area contributed by atoms with Gasteiger partial charge in [0.15, 0.2) is 0 Å². The summed E-state index contributed by atoms with van der Waals surface area (Å²) in [5, 5.41) is 0. The van der Waals surface area contributed by atoms with E-state index in [9.17, 15) is 4.79 Å². The molecule has 1 aromatic rings. The minimum atomic E-state index is -0.320. The van der Waals surface area contributed by atoms with Gasteiger partial charge in [-0.15, -0.1) is 0 Å². The predicted molar refractivity (Wildman–Crippen MR) is 64.1 cm³/mol. The molecule has 3 nitrogen and oxygen atoms in total. The number of ether oxygens (including phenoxy) is 1. The maximum absolute atomic E-state index is 11.7. The normalized spacial score (nSPS) is 11.7. The summed E-state index contributed by atoms with van der Waals surface area (Å²) in [6.45, 7) is 7.11. The van der Waals surface area contributed by atoms with E-state index in [0.717, 1.165) is 0 Å². The van der Waals surface area contributed by atoms with Crippen LogP contribution in [0.25, 0.3) is 0 Å². The van der Waals surface area contributed by atoms with Crippen molar-refractivity contribution in [1.82, 2.24) is 4.57 Å². The summed E-state index contributed by atoms with van der Waals surface area (Å²) in [5.74, 6) is 0. The summed E-state index contributed by atoms with van der Waals surface area (Å²) >= 11 is 3.22. The van der Waals surface area contributed by atoms with Gasteiger partial charge in [-0.2, -0.15) is 0 Å². The zero-order valence-electron chi connectivity index (χ0n) is 9.29. The van der Waals surface area contributed by atoms with Crippen LogP contribution >= 0.6 is 15.9 Å². The third-order valence-corrected chi connectivity index (χ3v) is 2.66. The van der Waals surface area contributed by atoms with Gasteiger partial charge in [-0.05, 0) is 48.8 Å². The standard InChI is InChI=1S/C11H16BrNO2/c1-4-15-11(2,3)8-13-7-5-6-9(12)10(13)14/h5-7H,4,8H2,1-3H3. The molecule has 15 heavy (non-hydrogen) atoms. The Balaban J connectivity index is 2.90. The number of rotatable bonds is 4. The summed E-state index contributed by atoms with van der Waals surface area (Å²) in [6.07, 6.45) is 1.77. The molecular weight excluding hydrogens is 258 g/mol. The van der Waals surface area contributed by atoms with Crippen molar-refractivity contribution in [3.8, 4) is 0 Å². The highest BCUT2D eigenvalue weighted by molar-refractivity contribution is 9.10. The third kappa shape index (κ3) is 3.47. The zero-order valence-corrected chi connectivity index (χ0v) is 10.9. The Morgan fingerprint density at radius 3 is 2.80 bits per heavy atom. The van der Waals surface area contributed by atoms with E-state index in [1.54, 1.807) is 16.8 Å². The summed E-state index contributed by atoms with van der Waals surface area (Å²) in [4.78, 5) is 11.7. The summed E-state index contributed by atoms with van der Waals surface area (Å²) in [7, 11) is 0. The second kappa shape index (κ2) is 4.94. The molecule has 0 radical (unpaired) electrons. The molecule has 0 unspecified atom stereocenters. The lowest BCUT2D eigenvalue weighted by atomic mass is 10.1. The lowest BCUT2D eigenvalue weighted by molar-refractivity contribution is -0.0230. The molecule has 0 N–H and O–H groups in total. The fourth-order valence-electron chi connectivity index (χ4n) is 1.48. The maximum atomic E-state index is 11.7. The van der Waals surface area contributed by atoms with Crippen LogP contribution in [0.3, 0.4) is 0 Å². The molecule has 0 atom stereocenters. The molecular formula is C11H16BrNO2. The first-order chi connectivity index (χ1) is 6.96. The Labute approximate surface area is 98.2 Å². The summed E-state index contributed by atoms with van der Waals surface area (Å²) in [5.41, 5.74) is -0.343. The van der Waals surface area contributed by atoms with E-state index in [2.05, 4.69) is 15.9 Å². The average Bonchev–Trinajstić information content (AvgIpc) is 2.12. The smallest absolute Gasteiger partial charge is 0.264 e. The first-order valence-electron chi connectivity index (χ1n) is 4.95. The minimum absolute atomic E-state index is 0.0229. The van der Waals surface area contributed by atoms with E-state index in [1.165, 1.54) is 0 Å². The molecule has 0 amide bonds. The van der Waals surface area contributed by atoms with E-state index in [-0.39, 0.29) is 11.2 Å². The molecule has 0 aliphatic carbocycles. The van der Waals surface area contributed by atoms with Crippen LogP contribution in [0.2, 0.25) is 0 Å². The quantitative estimate of drug-likeness (QED) is 0.844. The minimum Gasteiger partial charge on any atom is -0.374 e. The molecule has 0 saturated heterocycles. The Morgan fingerprint density at radius 2 is 2.20 bits per heavy atom. The molecule has 1 heterocycles. The third-order valence-electron chi connectivity index (χ3n) is 2.06. The first-order valence-corrected chi connectivity index (χ1v) is 5.74. The van der Waals surface area contributed by atoms with Gasteiger partial charge in [0, 0.05) is 12.8 Å². The Morgan fingerprint density at radius 1 is 1.53 bits per heavy atom. The van der Waals surface area contributed by atoms with Crippen LogP contribution in [0.4, 0.5) is 0 Å². The van der Waals surface area contributed by atoms with Crippen molar-refractivity contribution in [2.75, 3.05) is 6.61 Å². The fourth-order valence-corrected chi connectivity index (χ4v) is 1.86. The van der Waals surface area contributed by atoms with Gasteiger partial charge in [0.05, 0.1) is 16.6 Å². The van der Waals surface area contributed by atoms with Crippen molar-refractivity contribution in [3.05, 3.63) is 33.2 Å². The number of hydrogen-bond donors (Lipinski definition) is 0. The summed E-state index contributed by atoms with van der Waals surface area (Å²) in [6, 6.07) is 3.58. The average molecular weight is 274 g/mol. The fraction of sp³-hybridized carbons (Fsp3) is 0.545. The SMILES string of the molecule is CCOC(C)(C)Cn1cccc(Br)c1=O. The molecule has 1 aromatic heterocycles. The Bertz CT molecular complexity index is 384. The number of halogens is 1. The molecule has 0 bridgehead atoms. The molecule has 0 aromatic carbocycles. The van der Waals surface area contributed by atoms with Crippen molar-refractivity contribution < 1.29 is 4.74 Å². The van der Waals surface area contributed by atoms with Crippen LogP contribution in [0.1, 0.15) is 20.8 Å². The maximum Gasteiger partial charge on any atom is 0.264 e. The van der Waals surface area contributed by atoms with E-state index in [4.69, 9.17) is 4.74 Å². The highest BCUT2D eigenvalue weighted by atomic mass is 79.9. The van der Waals surface area contributed by atoms with Gasteiger partial charge >= 0.3 is 0 Å². The molecule has 0 spiro atoms. The van der Waals surface area contributed by atoms with Crippen LogP contribution in [0.5, 0.6) is 0 Å². The van der Waals surface area contributed by atoms with Gasteiger partial charge in [-0.25, -0.2) is 0 Å². The predicted octanol–water partition coefficient (Wildman–Crippen LogP) is 2.43. The van der Waals surface area contributed by atoms with E-state index < -0.39 is 0 Å². The van der Waals surface area contributed by atoms with E-state index >= 15 is 0 Å². The van der Waals surface area contributed by atoms with Crippen molar-refractivity contribution in [3.63, 3.8) is 0 Å². The highest BCUT2D eigenvalue weighted by Gasteiger charge is 2.19. The van der Waals surface area contributed by atoms with Gasteiger partial charge < -0.3 is 9.30 Å². The first kappa shape index (κ1) is 12.5. The van der Waals surface area contributed by atoms with Crippen molar-refractivity contribution in [2.24, 2.45) is 0 Å². The lowest BCUT2D eigenvalue weighted by Crippen LogP contribution is -2.35. The van der Waals surface area contributed by atoms with E-state index in [1.807, 2.05) is 26.8 Å². The number of hydrogen-bond acceptors (Lipinski definition) is 2. The second-order valence-electron chi connectivity index (χ2n) is 3.98. The zero-order chi connectivity index (χ0) is 11.5. The largest absolute Gasteiger partial charge is 0.374 e.